The maximum Gasteiger partial charge on any atom is 0.143 e. The molecule has 0 unspecified atom stereocenters. The summed E-state index contributed by atoms with van der Waals surface area (Å²) in [4.78, 5) is 11.4. The quantitative estimate of drug-likeness (QED) is 0.539. The molecule has 5 rings (SSSR count). The largest absolute Gasteiger partial charge is 0.496 e. The van der Waals surface area contributed by atoms with Crippen LogP contribution in [0.5, 0.6) is 5.75 Å². The number of piperazine rings is 1. The second-order valence-electron chi connectivity index (χ2n) is 7.19. The molecular formula is C21H21ClN6O. The van der Waals surface area contributed by atoms with Gasteiger partial charge in [-0.2, -0.15) is 5.10 Å². The van der Waals surface area contributed by atoms with E-state index in [9.17, 15) is 0 Å². The van der Waals surface area contributed by atoms with E-state index in [1.54, 1.807) is 13.4 Å². The van der Waals surface area contributed by atoms with Crippen LogP contribution in [-0.4, -0.2) is 53.5 Å². The molecule has 3 heterocycles. The minimum absolute atomic E-state index is 0.594. The highest BCUT2D eigenvalue weighted by Gasteiger charge is 2.23. The van der Waals surface area contributed by atoms with Gasteiger partial charge in [-0.3, -0.25) is 5.10 Å². The summed E-state index contributed by atoms with van der Waals surface area (Å²) < 4.78 is 5.81. The van der Waals surface area contributed by atoms with Gasteiger partial charge in [0.05, 0.1) is 34.7 Å². The second-order valence-corrected chi connectivity index (χ2v) is 7.56. The molecule has 0 atom stereocenters. The second kappa shape index (κ2) is 7.17. The predicted octanol–water partition coefficient (Wildman–Crippen LogP) is 3.55. The third-order valence-electron chi connectivity index (χ3n) is 5.53. The SMILES string of the molecule is COc1cc(-c2c(C)ccc3[nH]ncc23)c(Cl)c2ncnc(N3CCNCC3)c12. The Labute approximate surface area is 173 Å². The van der Waals surface area contributed by atoms with Gasteiger partial charge in [0.1, 0.15) is 17.9 Å². The lowest BCUT2D eigenvalue weighted by molar-refractivity contribution is 0.419. The van der Waals surface area contributed by atoms with E-state index in [2.05, 4.69) is 43.4 Å². The molecule has 0 amide bonds. The minimum Gasteiger partial charge on any atom is -0.496 e. The Hall–Kier alpha value is -2.90. The molecule has 4 aromatic rings. The van der Waals surface area contributed by atoms with Crippen molar-refractivity contribution in [3.8, 4) is 16.9 Å². The number of halogens is 1. The van der Waals surface area contributed by atoms with Gasteiger partial charge in [-0.15, -0.1) is 0 Å². The standard InChI is InChI=1S/C21H21ClN6O/c1-12-3-4-15-14(10-26-27-15)17(12)13-9-16(29-2)18-20(19(13)22)24-11-25-21(18)28-7-5-23-6-8-28/h3-4,9-11,23H,5-8H2,1-2H3,(H,26,27). The van der Waals surface area contributed by atoms with Crippen molar-refractivity contribution in [3.63, 3.8) is 0 Å². The molecule has 1 fully saturated rings. The molecule has 0 saturated carbocycles. The lowest BCUT2D eigenvalue weighted by Crippen LogP contribution is -2.44. The highest BCUT2D eigenvalue weighted by Crippen LogP contribution is 2.44. The fourth-order valence-corrected chi connectivity index (χ4v) is 4.40. The van der Waals surface area contributed by atoms with Gasteiger partial charge in [-0.05, 0) is 30.2 Å². The van der Waals surface area contributed by atoms with Crippen molar-refractivity contribution in [3.05, 3.63) is 41.3 Å². The van der Waals surface area contributed by atoms with E-state index in [-0.39, 0.29) is 0 Å². The van der Waals surface area contributed by atoms with Gasteiger partial charge < -0.3 is 15.0 Å². The number of aromatic nitrogens is 4. The Morgan fingerprint density at radius 1 is 1.17 bits per heavy atom. The first kappa shape index (κ1) is 18.1. The zero-order valence-corrected chi connectivity index (χ0v) is 17.0. The van der Waals surface area contributed by atoms with Crippen LogP contribution in [0.3, 0.4) is 0 Å². The summed E-state index contributed by atoms with van der Waals surface area (Å²) in [7, 11) is 1.67. The topological polar surface area (TPSA) is 79.0 Å². The van der Waals surface area contributed by atoms with Gasteiger partial charge >= 0.3 is 0 Å². The highest BCUT2D eigenvalue weighted by atomic mass is 35.5. The van der Waals surface area contributed by atoms with Gasteiger partial charge in [-0.25, -0.2) is 9.97 Å². The molecule has 29 heavy (non-hydrogen) atoms. The average molecular weight is 409 g/mol. The van der Waals surface area contributed by atoms with Gasteiger partial charge in [0.25, 0.3) is 0 Å². The molecule has 1 aliphatic heterocycles. The highest BCUT2D eigenvalue weighted by molar-refractivity contribution is 6.39. The lowest BCUT2D eigenvalue weighted by atomic mass is 9.95. The molecule has 0 radical (unpaired) electrons. The zero-order valence-electron chi connectivity index (χ0n) is 16.3. The third-order valence-corrected chi connectivity index (χ3v) is 5.91. The minimum atomic E-state index is 0.594. The van der Waals surface area contributed by atoms with Crippen molar-refractivity contribution in [1.82, 2.24) is 25.5 Å². The summed E-state index contributed by atoms with van der Waals surface area (Å²) in [5.74, 6) is 1.58. The van der Waals surface area contributed by atoms with E-state index in [0.29, 0.717) is 16.3 Å². The van der Waals surface area contributed by atoms with Crippen LogP contribution in [0.4, 0.5) is 5.82 Å². The Balaban J connectivity index is 1.80. The number of hydrogen-bond donors (Lipinski definition) is 2. The monoisotopic (exact) mass is 408 g/mol. The van der Waals surface area contributed by atoms with E-state index < -0.39 is 0 Å². The molecular weight excluding hydrogens is 388 g/mol. The molecule has 1 saturated heterocycles. The Kier molecular flexibility index (Phi) is 4.49. The van der Waals surface area contributed by atoms with Crippen molar-refractivity contribution in [2.24, 2.45) is 0 Å². The van der Waals surface area contributed by atoms with Crippen LogP contribution in [0.2, 0.25) is 5.02 Å². The van der Waals surface area contributed by atoms with Crippen molar-refractivity contribution in [2.45, 2.75) is 6.92 Å². The summed E-state index contributed by atoms with van der Waals surface area (Å²) >= 11 is 6.95. The number of anilines is 1. The number of ether oxygens (including phenoxy) is 1. The van der Waals surface area contributed by atoms with Crippen LogP contribution in [0.25, 0.3) is 32.9 Å². The maximum atomic E-state index is 6.95. The molecule has 1 aliphatic rings. The summed E-state index contributed by atoms with van der Waals surface area (Å²) in [6, 6.07) is 6.08. The number of nitrogens with zero attached hydrogens (tertiary/aromatic N) is 4. The predicted molar refractivity (Wildman–Crippen MR) is 116 cm³/mol. The molecule has 2 N–H and O–H groups in total. The van der Waals surface area contributed by atoms with Crippen LogP contribution in [0.15, 0.2) is 30.7 Å². The molecule has 0 bridgehead atoms. The van der Waals surface area contributed by atoms with Crippen LogP contribution >= 0.6 is 11.6 Å². The number of benzene rings is 2. The number of H-pyrrole nitrogens is 1. The summed E-state index contributed by atoms with van der Waals surface area (Å²) in [6.07, 6.45) is 3.41. The molecule has 8 heteroatoms. The Morgan fingerprint density at radius 3 is 2.79 bits per heavy atom. The number of nitrogens with one attached hydrogen (secondary N) is 2. The first-order valence-electron chi connectivity index (χ1n) is 9.59. The fourth-order valence-electron chi connectivity index (χ4n) is 4.11. The van der Waals surface area contributed by atoms with Crippen molar-refractivity contribution in [2.75, 3.05) is 38.2 Å². The van der Waals surface area contributed by atoms with Crippen LogP contribution < -0.4 is 15.0 Å². The average Bonchev–Trinajstić information content (AvgIpc) is 3.24. The number of aromatic amines is 1. The van der Waals surface area contributed by atoms with Crippen molar-refractivity contribution in [1.29, 1.82) is 0 Å². The van der Waals surface area contributed by atoms with Gasteiger partial charge in [0, 0.05) is 37.1 Å². The molecule has 2 aromatic carbocycles. The number of fused-ring (bicyclic) bond motifs is 2. The fraction of sp³-hybridized carbons (Fsp3) is 0.286. The van der Waals surface area contributed by atoms with Gasteiger partial charge in [0.15, 0.2) is 0 Å². The Morgan fingerprint density at radius 2 is 2.00 bits per heavy atom. The van der Waals surface area contributed by atoms with Gasteiger partial charge in [0.2, 0.25) is 0 Å². The first-order valence-corrected chi connectivity index (χ1v) is 9.96. The van der Waals surface area contributed by atoms with E-state index in [1.165, 1.54) is 0 Å². The number of methoxy groups -OCH3 is 1. The van der Waals surface area contributed by atoms with Crippen LogP contribution in [0, 0.1) is 6.92 Å². The summed E-state index contributed by atoms with van der Waals surface area (Å²) in [5, 5.41) is 13.1. The Bertz CT molecular complexity index is 1210. The number of aryl methyl sites for hydroxylation is 1. The third kappa shape index (κ3) is 2.89. The summed E-state index contributed by atoms with van der Waals surface area (Å²) in [6.45, 7) is 5.66. The first-order chi connectivity index (χ1) is 14.2. The van der Waals surface area contributed by atoms with E-state index >= 15 is 0 Å². The maximum absolute atomic E-state index is 6.95. The van der Waals surface area contributed by atoms with E-state index in [1.807, 2.05) is 18.3 Å². The zero-order chi connectivity index (χ0) is 20.0. The number of hydrogen-bond acceptors (Lipinski definition) is 6. The summed E-state index contributed by atoms with van der Waals surface area (Å²) in [5.41, 5.74) is 4.68. The van der Waals surface area contributed by atoms with E-state index in [4.69, 9.17) is 16.3 Å². The molecule has 0 spiro atoms. The van der Waals surface area contributed by atoms with Crippen LogP contribution in [0.1, 0.15) is 5.56 Å². The van der Waals surface area contributed by atoms with E-state index in [0.717, 1.165) is 65.0 Å². The van der Waals surface area contributed by atoms with Crippen molar-refractivity contribution < 1.29 is 4.74 Å². The van der Waals surface area contributed by atoms with Gasteiger partial charge in [-0.1, -0.05) is 17.7 Å². The smallest absolute Gasteiger partial charge is 0.143 e. The molecule has 0 aliphatic carbocycles. The lowest BCUT2D eigenvalue weighted by Gasteiger charge is -2.29. The van der Waals surface area contributed by atoms with Crippen molar-refractivity contribution >= 4 is 39.2 Å². The van der Waals surface area contributed by atoms with Crippen LogP contribution in [-0.2, 0) is 0 Å². The normalized spacial score (nSPS) is 14.7. The molecule has 2 aromatic heterocycles. The number of rotatable bonds is 3. The molecule has 7 nitrogen and oxygen atoms in total. The molecule has 148 valence electrons.